The number of carbonyl (C=O) groups excluding carboxylic acids is 1. The van der Waals surface area contributed by atoms with E-state index in [1.807, 2.05) is 31.2 Å². The molecule has 1 aromatic heterocycles. The van der Waals surface area contributed by atoms with Crippen molar-refractivity contribution in [1.82, 2.24) is 0 Å². The Morgan fingerprint density at radius 3 is 2.52 bits per heavy atom. The van der Waals surface area contributed by atoms with Crippen LogP contribution in [0, 0.1) is 17.0 Å². The molecular formula is C20H19N3O4. The second kappa shape index (κ2) is 7.74. The van der Waals surface area contributed by atoms with Crippen LogP contribution in [0.3, 0.4) is 0 Å². The Bertz CT molecular complexity index is 950. The number of furan rings is 1. The third-order valence-electron chi connectivity index (χ3n) is 4.20. The molecule has 3 aromatic rings. The van der Waals surface area contributed by atoms with Gasteiger partial charge in [-0.3, -0.25) is 14.9 Å². The number of nitro benzene ring substituents is 1. The summed E-state index contributed by atoms with van der Waals surface area (Å²) in [7, 11) is 1.60. The largest absolute Gasteiger partial charge is 0.467 e. The lowest BCUT2D eigenvalue weighted by Gasteiger charge is -2.22. The molecule has 7 heteroatoms. The van der Waals surface area contributed by atoms with Crippen LogP contribution in [0.15, 0.2) is 65.3 Å². The molecule has 1 N–H and O–H groups in total. The highest BCUT2D eigenvalue weighted by Crippen LogP contribution is 2.27. The maximum atomic E-state index is 13.2. The zero-order valence-corrected chi connectivity index (χ0v) is 15.0. The third kappa shape index (κ3) is 3.98. The quantitative estimate of drug-likeness (QED) is 0.517. The van der Waals surface area contributed by atoms with Crippen LogP contribution in [0.1, 0.15) is 21.7 Å². The van der Waals surface area contributed by atoms with Crippen molar-refractivity contribution in [2.45, 2.75) is 13.5 Å². The summed E-state index contributed by atoms with van der Waals surface area (Å²) < 4.78 is 5.38. The van der Waals surface area contributed by atoms with Crippen molar-refractivity contribution in [3.8, 4) is 0 Å². The summed E-state index contributed by atoms with van der Waals surface area (Å²) in [4.78, 5) is 25.5. The number of aryl methyl sites for hydroxylation is 1. The van der Waals surface area contributed by atoms with E-state index in [4.69, 9.17) is 4.42 Å². The SMILES string of the molecule is CNc1ccc(C(=O)N(Cc2ccco2)c2ccc(C)cc2)cc1[N+](=O)[O-]. The fourth-order valence-corrected chi connectivity index (χ4v) is 2.75. The van der Waals surface area contributed by atoms with Crippen LogP contribution in [-0.4, -0.2) is 17.9 Å². The lowest BCUT2D eigenvalue weighted by molar-refractivity contribution is -0.384. The summed E-state index contributed by atoms with van der Waals surface area (Å²) in [6, 6.07) is 15.4. The Balaban J connectivity index is 2.01. The molecule has 0 aliphatic carbocycles. The number of hydrogen-bond donors (Lipinski definition) is 1. The van der Waals surface area contributed by atoms with Gasteiger partial charge in [-0.25, -0.2) is 0 Å². The molecule has 1 heterocycles. The number of anilines is 2. The standard InChI is InChI=1S/C20H19N3O4/c1-14-5-8-16(9-6-14)22(13-17-4-3-11-27-17)20(24)15-7-10-18(21-2)19(12-15)23(25)26/h3-12,21H,13H2,1-2H3. The lowest BCUT2D eigenvalue weighted by atomic mass is 10.1. The first kappa shape index (κ1) is 18.2. The van der Waals surface area contributed by atoms with Crippen molar-refractivity contribution < 1.29 is 14.1 Å². The van der Waals surface area contributed by atoms with Crippen LogP contribution >= 0.6 is 0 Å². The van der Waals surface area contributed by atoms with Crippen molar-refractivity contribution in [3.63, 3.8) is 0 Å². The van der Waals surface area contributed by atoms with E-state index in [9.17, 15) is 14.9 Å². The summed E-state index contributed by atoms with van der Waals surface area (Å²) >= 11 is 0. The van der Waals surface area contributed by atoms with Gasteiger partial charge in [0.05, 0.1) is 17.7 Å². The van der Waals surface area contributed by atoms with E-state index in [0.717, 1.165) is 5.56 Å². The van der Waals surface area contributed by atoms with E-state index in [1.54, 1.807) is 31.5 Å². The zero-order chi connectivity index (χ0) is 19.4. The molecule has 0 aliphatic rings. The number of nitrogens with one attached hydrogen (secondary N) is 1. The highest BCUT2D eigenvalue weighted by molar-refractivity contribution is 6.06. The predicted octanol–water partition coefficient (Wildman–Crippen LogP) is 4.38. The van der Waals surface area contributed by atoms with Gasteiger partial charge in [0.2, 0.25) is 0 Å². The van der Waals surface area contributed by atoms with Gasteiger partial charge in [-0.2, -0.15) is 0 Å². The van der Waals surface area contributed by atoms with E-state index in [0.29, 0.717) is 17.1 Å². The molecule has 0 radical (unpaired) electrons. The number of carbonyl (C=O) groups is 1. The Labute approximate surface area is 156 Å². The number of benzene rings is 2. The average molecular weight is 365 g/mol. The zero-order valence-electron chi connectivity index (χ0n) is 15.0. The van der Waals surface area contributed by atoms with Gasteiger partial charge in [-0.15, -0.1) is 0 Å². The Kier molecular flexibility index (Phi) is 5.21. The molecule has 3 rings (SSSR count). The van der Waals surface area contributed by atoms with Crippen LogP contribution in [0.25, 0.3) is 0 Å². The van der Waals surface area contributed by atoms with Crippen molar-refractivity contribution in [1.29, 1.82) is 0 Å². The normalized spacial score (nSPS) is 10.4. The third-order valence-corrected chi connectivity index (χ3v) is 4.20. The van der Waals surface area contributed by atoms with E-state index in [2.05, 4.69) is 5.32 Å². The van der Waals surface area contributed by atoms with Crippen LogP contribution in [0.2, 0.25) is 0 Å². The van der Waals surface area contributed by atoms with Crippen molar-refractivity contribution in [3.05, 3.63) is 87.9 Å². The van der Waals surface area contributed by atoms with Crippen molar-refractivity contribution in [2.24, 2.45) is 0 Å². The molecule has 1 amide bonds. The summed E-state index contributed by atoms with van der Waals surface area (Å²) in [5.41, 5.74) is 2.18. The van der Waals surface area contributed by atoms with Gasteiger partial charge in [0.25, 0.3) is 11.6 Å². The topological polar surface area (TPSA) is 88.6 Å². The second-order valence-electron chi connectivity index (χ2n) is 6.05. The number of nitro groups is 1. The highest BCUT2D eigenvalue weighted by atomic mass is 16.6. The summed E-state index contributed by atoms with van der Waals surface area (Å²) in [6.07, 6.45) is 1.54. The van der Waals surface area contributed by atoms with Crippen LogP contribution in [-0.2, 0) is 6.54 Å². The smallest absolute Gasteiger partial charge is 0.293 e. The molecule has 2 aromatic carbocycles. The van der Waals surface area contributed by atoms with Crippen LogP contribution in [0.5, 0.6) is 0 Å². The molecule has 0 unspecified atom stereocenters. The van der Waals surface area contributed by atoms with Gasteiger partial charge >= 0.3 is 0 Å². The molecule has 7 nitrogen and oxygen atoms in total. The molecule has 138 valence electrons. The van der Waals surface area contributed by atoms with E-state index < -0.39 is 4.92 Å². The number of amides is 1. The Hall–Kier alpha value is -3.61. The first-order chi connectivity index (χ1) is 13.0. The van der Waals surface area contributed by atoms with Crippen molar-refractivity contribution >= 4 is 23.0 Å². The predicted molar refractivity (Wildman–Crippen MR) is 103 cm³/mol. The first-order valence-electron chi connectivity index (χ1n) is 8.36. The minimum atomic E-state index is -0.509. The molecule has 0 fully saturated rings. The number of hydrogen-bond acceptors (Lipinski definition) is 5. The van der Waals surface area contributed by atoms with Crippen LogP contribution < -0.4 is 10.2 Å². The maximum absolute atomic E-state index is 13.2. The molecule has 0 bridgehead atoms. The molecule has 0 saturated carbocycles. The molecule has 0 saturated heterocycles. The van der Waals surface area contributed by atoms with Gasteiger partial charge < -0.3 is 14.6 Å². The number of nitrogens with zero attached hydrogens (tertiary/aromatic N) is 2. The minimum absolute atomic E-state index is 0.148. The minimum Gasteiger partial charge on any atom is -0.467 e. The van der Waals surface area contributed by atoms with Gasteiger partial charge in [0.15, 0.2) is 0 Å². The van der Waals surface area contributed by atoms with Gasteiger partial charge in [0, 0.05) is 24.4 Å². The van der Waals surface area contributed by atoms with Gasteiger partial charge in [0.1, 0.15) is 11.4 Å². The Morgan fingerprint density at radius 1 is 1.19 bits per heavy atom. The van der Waals surface area contributed by atoms with E-state index in [-0.39, 0.29) is 23.7 Å². The van der Waals surface area contributed by atoms with Crippen LogP contribution in [0.4, 0.5) is 17.1 Å². The monoisotopic (exact) mass is 365 g/mol. The first-order valence-corrected chi connectivity index (χ1v) is 8.36. The fraction of sp³-hybridized carbons (Fsp3) is 0.150. The summed E-state index contributed by atoms with van der Waals surface area (Å²) in [6.45, 7) is 2.18. The summed E-state index contributed by atoms with van der Waals surface area (Å²) in [5.74, 6) is 0.270. The Morgan fingerprint density at radius 2 is 1.93 bits per heavy atom. The summed E-state index contributed by atoms with van der Waals surface area (Å²) in [5, 5.41) is 14.1. The van der Waals surface area contributed by atoms with Gasteiger partial charge in [-0.1, -0.05) is 17.7 Å². The molecule has 0 atom stereocenters. The molecular weight excluding hydrogens is 346 g/mol. The molecule has 0 aliphatic heterocycles. The number of rotatable bonds is 6. The fourth-order valence-electron chi connectivity index (χ4n) is 2.75. The maximum Gasteiger partial charge on any atom is 0.293 e. The molecule has 27 heavy (non-hydrogen) atoms. The highest BCUT2D eigenvalue weighted by Gasteiger charge is 2.23. The second-order valence-corrected chi connectivity index (χ2v) is 6.05. The lowest BCUT2D eigenvalue weighted by Crippen LogP contribution is -2.30. The van der Waals surface area contributed by atoms with Gasteiger partial charge in [-0.05, 0) is 43.3 Å². The van der Waals surface area contributed by atoms with Crippen molar-refractivity contribution in [2.75, 3.05) is 17.3 Å². The molecule has 0 spiro atoms. The van der Waals surface area contributed by atoms with E-state index in [1.165, 1.54) is 17.0 Å². The average Bonchev–Trinajstić information content (AvgIpc) is 3.19. The van der Waals surface area contributed by atoms with E-state index >= 15 is 0 Å².